The van der Waals surface area contributed by atoms with E-state index < -0.39 is 29.4 Å². The van der Waals surface area contributed by atoms with Crippen molar-refractivity contribution in [2.24, 2.45) is 5.92 Å². The fourth-order valence-electron chi connectivity index (χ4n) is 4.92. The number of aryl methyl sites for hydroxylation is 1. The number of piperidine rings is 1. The Kier molecular flexibility index (Phi) is 8.42. The summed E-state index contributed by atoms with van der Waals surface area (Å²) in [5.74, 6) is -1.50. The van der Waals surface area contributed by atoms with Gasteiger partial charge in [-0.05, 0) is 69.1 Å². The normalized spacial score (nSPS) is 17.0. The number of nitro groups is 1. The first-order chi connectivity index (χ1) is 17.8. The van der Waals surface area contributed by atoms with E-state index in [1.54, 1.807) is 13.0 Å². The predicted molar refractivity (Wildman–Crippen MR) is 140 cm³/mol. The van der Waals surface area contributed by atoms with Gasteiger partial charge >= 0.3 is 11.9 Å². The number of nitrogens with zero attached hydrogens (tertiary/aromatic N) is 2. The average Bonchev–Trinajstić information content (AvgIpc) is 3.24. The molecule has 2 aromatic rings. The Morgan fingerprint density at radius 2 is 1.95 bits per heavy atom. The third-order valence-electron chi connectivity index (χ3n) is 6.64. The van der Waals surface area contributed by atoms with Gasteiger partial charge in [0.05, 0.1) is 22.7 Å². The highest BCUT2D eigenvalue weighted by molar-refractivity contribution is 7.17. The van der Waals surface area contributed by atoms with Crippen molar-refractivity contribution < 1.29 is 28.8 Å². The zero-order valence-electron chi connectivity index (χ0n) is 21.0. The van der Waals surface area contributed by atoms with E-state index in [1.165, 1.54) is 23.5 Å². The molecule has 11 heteroatoms. The molecule has 1 atom stereocenters. The zero-order chi connectivity index (χ0) is 26.5. The number of amides is 1. The molecule has 0 saturated carbocycles. The minimum atomic E-state index is -0.840. The Morgan fingerprint density at radius 1 is 1.16 bits per heavy atom. The van der Waals surface area contributed by atoms with Crippen LogP contribution in [0.3, 0.4) is 0 Å². The highest BCUT2D eigenvalue weighted by atomic mass is 32.1. The van der Waals surface area contributed by atoms with Gasteiger partial charge in [-0.25, -0.2) is 9.59 Å². The first-order valence-corrected chi connectivity index (χ1v) is 13.4. The highest BCUT2D eigenvalue weighted by Crippen LogP contribution is 2.38. The maximum absolute atomic E-state index is 12.6. The molecule has 198 valence electrons. The van der Waals surface area contributed by atoms with Crippen LogP contribution in [0.5, 0.6) is 0 Å². The van der Waals surface area contributed by atoms with E-state index in [1.807, 2.05) is 4.90 Å². The number of hydrogen-bond acceptors (Lipinski definition) is 9. The maximum Gasteiger partial charge on any atom is 0.341 e. The van der Waals surface area contributed by atoms with Crippen LogP contribution in [0.25, 0.3) is 0 Å². The Labute approximate surface area is 219 Å². The highest BCUT2D eigenvalue weighted by Gasteiger charge is 2.28. The number of thiophene rings is 1. The van der Waals surface area contributed by atoms with Gasteiger partial charge in [0.1, 0.15) is 10.7 Å². The van der Waals surface area contributed by atoms with Gasteiger partial charge in [-0.15, -0.1) is 11.3 Å². The molecule has 1 unspecified atom stereocenters. The summed E-state index contributed by atoms with van der Waals surface area (Å²) in [5, 5.41) is 14.8. The van der Waals surface area contributed by atoms with Crippen LogP contribution in [0.2, 0.25) is 0 Å². The van der Waals surface area contributed by atoms with Gasteiger partial charge in [0, 0.05) is 24.0 Å². The van der Waals surface area contributed by atoms with Crippen molar-refractivity contribution in [3.05, 3.63) is 49.9 Å². The van der Waals surface area contributed by atoms with Crippen LogP contribution in [-0.2, 0) is 27.1 Å². The Bertz CT molecular complexity index is 1210. The SMILES string of the molecule is CCOC(=O)c1c(NC(=O)COC(=O)c2ccc(N3CCCC(C)C3)c([N+](=O)[O-])c2)sc2c1CCCC2. The van der Waals surface area contributed by atoms with Crippen molar-refractivity contribution in [2.75, 3.05) is 36.5 Å². The van der Waals surface area contributed by atoms with Gasteiger partial charge in [-0.3, -0.25) is 14.9 Å². The lowest BCUT2D eigenvalue weighted by molar-refractivity contribution is -0.384. The lowest BCUT2D eigenvalue weighted by Crippen LogP contribution is -2.34. The monoisotopic (exact) mass is 529 g/mol. The lowest BCUT2D eigenvalue weighted by atomic mass is 9.95. The van der Waals surface area contributed by atoms with Gasteiger partial charge in [0.2, 0.25) is 0 Å². The molecule has 1 aromatic carbocycles. The molecule has 1 N–H and O–H groups in total. The third-order valence-corrected chi connectivity index (χ3v) is 7.85. The predicted octanol–water partition coefficient (Wildman–Crippen LogP) is 4.74. The van der Waals surface area contributed by atoms with Crippen LogP contribution >= 0.6 is 11.3 Å². The Balaban J connectivity index is 1.43. The summed E-state index contributed by atoms with van der Waals surface area (Å²) in [6.07, 6.45) is 5.58. The molecule has 1 aromatic heterocycles. The average molecular weight is 530 g/mol. The minimum Gasteiger partial charge on any atom is -0.462 e. The molecule has 2 aliphatic rings. The first kappa shape index (κ1) is 26.6. The molecule has 1 aliphatic heterocycles. The zero-order valence-corrected chi connectivity index (χ0v) is 21.9. The van der Waals surface area contributed by atoms with Gasteiger partial charge < -0.3 is 19.7 Å². The van der Waals surface area contributed by atoms with Crippen LogP contribution in [0, 0.1) is 16.0 Å². The number of nitro benzene ring substituents is 1. The number of anilines is 2. The van der Waals surface area contributed by atoms with E-state index in [-0.39, 0.29) is 17.9 Å². The molecule has 4 rings (SSSR count). The standard InChI is InChI=1S/C26H31N3O7S/c1-3-35-26(32)23-18-8-4-5-9-21(18)37-24(23)27-22(30)15-36-25(31)17-10-11-19(20(13-17)29(33)34)28-12-6-7-16(2)14-28/h10-11,13,16H,3-9,12,14-15H2,1-2H3,(H,27,30). The van der Waals surface area contributed by atoms with E-state index in [0.717, 1.165) is 55.5 Å². The van der Waals surface area contributed by atoms with E-state index in [9.17, 15) is 24.5 Å². The number of ether oxygens (including phenoxy) is 2. The number of hydrogen-bond donors (Lipinski definition) is 1. The first-order valence-electron chi connectivity index (χ1n) is 12.6. The van der Waals surface area contributed by atoms with Gasteiger partial charge in [-0.2, -0.15) is 0 Å². The topological polar surface area (TPSA) is 128 Å². The molecule has 0 radical (unpaired) electrons. The summed E-state index contributed by atoms with van der Waals surface area (Å²) in [4.78, 5) is 52.1. The number of fused-ring (bicyclic) bond motifs is 1. The number of nitrogens with one attached hydrogen (secondary N) is 1. The van der Waals surface area contributed by atoms with Crippen molar-refractivity contribution in [1.29, 1.82) is 0 Å². The van der Waals surface area contributed by atoms with Crippen molar-refractivity contribution >= 4 is 45.6 Å². The number of rotatable bonds is 8. The molecule has 2 heterocycles. The van der Waals surface area contributed by atoms with Gasteiger partial charge in [-0.1, -0.05) is 6.92 Å². The second kappa shape index (κ2) is 11.7. The van der Waals surface area contributed by atoms with Crippen molar-refractivity contribution in [2.45, 2.75) is 52.4 Å². The molecule has 0 spiro atoms. The molecule has 10 nitrogen and oxygen atoms in total. The fourth-order valence-corrected chi connectivity index (χ4v) is 6.22. The number of carbonyl (C=O) groups is 3. The Hall–Kier alpha value is -3.47. The van der Waals surface area contributed by atoms with Crippen LogP contribution in [0.4, 0.5) is 16.4 Å². The lowest BCUT2D eigenvalue weighted by Gasteiger charge is -2.32. The molecule has 1 fully saturated rings. The molecule has 1 aliphatic carbocycles. The third kappa shape index (κ3) is 6.10. The summed E-state index contributed by atoms with van der Waals surface area (Å²) in [5.41, 5.74) is 1.58. The summed E-state index contributed by atoms with van der Waals surface area (Å²) in [6, 6.07) is 4.24. The molecular weight excluding hydrogens is 498 g/mol. The summed E-state index contributed by atoms with van der Waals surface area (Å²) >= 11 is 1.34. The maximum atomic E-state index is 12.6. The second-order valence-corrected chi connectivity index (χ2v) is 10.5. The largest absolute Gasteiger partial charge is 0.462 e. The van der Waals surface area contributed by atoms with E-state index in [0.29, 0.717) is 28.7 Å². The quantitative estimate of drug-likeness (QED) is 0.295. The van der Waals surface area contributed by atoms with Crippen LogP contribution in [0.15, 0.2) is 18.2 Å². The molecular formula is C26H31N3O7S. The fraction of sp³-hybridized carbons (Fsp3) is 0.500. The second-order valence-electron chi connectivity index (χ2n) is 9.41. The van der Waals surface area contributed by atoms with Crippen LogP contribution < -0.4 is 10.2 Å². The van der Waals surface area contributed by atoms with Crippen molar-refractivity contribution in [1.82, 2.24) is 0 Å². The van der Waals surface area contributed by atoms with Gasteiger partial charge in [0.25, 0.3) is 11.6 Å². The van der Waals surface area contributed by atoms with E-state index >= 15 is 0 Å². The van der Waals surface area contributed by atoms with Crippen molar-refractivity contribution in [3.63, 3.8) is 0 Å². The van der Waals surface area contributed by atoms with Crippen molar-refractivity contribution in [3.8, 4) is 0 Å². The minimum absolute atomic E-state index is 0.00731. The molecule has 1 saturated heterocycles. The van der Waals surface area contributed by atoms with Crippen LogP contribution in [-0.4, -0.2) is 49.1 Å². The Morgan fingerprint density at radius 3 is 2.68 bits per heavy atom. The van der Waals surface area contributed by atoms with Crippen LogP contribution in [0.1, 0.15) is 70.7 Å². The number of esters is 2. The number of carbonyl (C=O) groups excluding carboxylic acids is 3. The molecule has 37 heavy (non-hydrogen) atoms. The molecule has 0 bridgehead atoms. The molecule has 1 amide bonds. The summed E-state index contributed by atoms with van der Waals surface area (Å²) in [6.45, 7) is 4.88. The van der Waals surface area contributed by atoms with E-state index in [4.69, 9.17) is 9.47 Å². The smallest absolute Gasteiger partial charge is 0.341 e. The summed E-state index contributed by atoms with van der Waals surface area (Å²) in [7, 11) is 0. The van der Waals surface area contributed by atoms with E-state index in [2.05, 4.69) is 12.2 Å². The number of benzene rings is 1. The summed E-state index contributed by atoms with van der Waals surface area (Å²) < 4.78 is 10.3. The van der Waals surface area contributed by atoms with Gasteiger partial charge in [0.15, 0.2) is 6.61 Å².